The zero-order chi connectivity index (χ0) is 15.5. The minimum Gasteiger partial charge on any atom is -0.497 e. The minimum atomic E-state index is -0.676. The van der Waals surface area contributed by atoms with Gasteiger partial charge in [-0.3, -0.25) is 0 Å². The summed E-state index contributed by atoms with van der Waals surface area (Å²) >= 11 is 0. The highest BCUT2D eigenvalue weighted by Crippen LogP contribution is 2.38. The molecule has 118 valence electrons. The molecular weight excluding hydrogens is 264 g/mol. The zero-order valence-corrected chi connectivity index (χ0v) is 13.6. The topological polar surface area (TPSA) is 44.7 Å². The highest BCUT2D eigenvalue weighted by Gasteiger charge is 2.32. The van der Waals surface area contributed by atoms with Crippen molar-refractivity contribution in [3.63, 3.8) is 0 Å². The van der Waals surface area contributed by atoms with Crippen molar-refractivity contribution < 1.29 is 9.84 Å². The second-order valence-corrected chi connectivity index (χ2v) is 6.76. The lowest BCUT2D eigenvalue weighted by atomic mass is 9.75. The highest BCUT2D eigenvalue weighted by atomic mass is 16.5. The molecule has 4 heteroatoms. The van der Waals surface area contributed by atoms with E-state index in [1.54, 1.807) is 7.11 Å². The number of likely N-dealkylation sites (N-methyl/N-ethyl adjacent to an activating group) is 1. The van der Waals surface area contributed by atoms with Gasteiger partial charge in [0.2, 0.25) is 0 Å². The first-order valence-corrected chi connectivity index (χ1v) is 7.64. The minimum absolute atomic E-state index is 0.509. The Hall–Kier alpha value is -1.10. The fourth-order valence-corrected chi connectivity index (χ4v) is 3.05. The molecule has 1 fully saturated rings. The van der Waals surface area contributed by atoms with Gasteiger partial charge in [0.25, 0.3) is 0 Å². The first kappa shape index (κ1) is 16.3. The first-order chi connectivity index (χ1) is 9.89. The average Bonchev–Trinajstić information content (AvgIpc) is 2.35. The van der Waals surface area contributed by atoms with E-state index in [4.69, 9.17) is 4.74 Å². The van der Waals surface area contributed by atoms with E-state index in [0.29, 0.717) is 25.0 Å². The van der Waals surface area contributed by atoms with Gasteiger partial charge < -0.3 is 20.1 Å². The SMILES string of the molecule is COc1cccc(C2CC(NCC(C)(O)CN(C)C)C2)c1. The van der Waals surface area contributed by atoms with Crippen LogP contribution in [0.15, 0.2) is 24.3 Å². The number of aliphatic hydroxyl groups is 1. The molecule has 0 radical (unpaired) electrons. The van der Waals surface area contributed by atoms with Gasteiger partial charge in [-0.25, -0.2) is 0 Å². The van der Waals surface area contributed by atoms with Crippen LogP contribution in [0, 0.1) is 0 Å². The lowest BCUT2D eigenvalue weighted by Gasteiger charge is -2.38. The van der Waals surface area contributed by atoms with Gasteiger partial charge in [-0.05, 0) is 57.5 Å². The van der Waals surface area contributed by atoms with Crippen LogP contribution in [0.3, 0.4) is 0 Å². The number of nitrogens with one attached hydrogen (secondary N) is 1. The predicted octanol–water partition coefficient (Wildman–Crippen LogP) is 1.84. The van der Waals surface area contributed by atoms with E-state index in [1.165, 1.54) is 5.56 Å². The summed E-state index contributed by atoms with van der Waals surface area (Å²) in [7, 11) is 5.67. The van der Waals surface area contributed by atoms with Crippen LogP contribution < -0.4 is 10.1 Å². The van der Waals surface area contributed by atoms with E-state index in [9.17, 15) is 5.11 Å². The quantitative estimate of drug-likeness (QED) is 0.805. The Labute approximate surface area is 128 Å². The summed E-state index contributed by atoms with van der Waals surface area (Å²) in [5, 5.41) is 13.8. The van der Waals surface area contributed by atoms with E-state index in [1.807, 2.05) is 32.0 Å². The largest absolute Gasteiger partial charge is 0.497 e. The molecule has 0 spiro atoms. The second kappa shape index (κ2) is 6.77. The van der Waals surface area contributed by atoms with Crippen molar-refractivity contribution in [1.29, 1.82) is 0 Å². The molecule has 1 aromatic carbocycles. The maximum Gasteiger partial charge on any atom is 0.119 e. The Morgan fingerprint density at radius 3 is 2.71 bits per heavy atom. The van der Waals surface area contributed by atoms with Gasteiger partial charge in [0.15, 0.2) is 0 Å². The van der Waals surface area contributed by atoms with Crippen molar-refractivity contribution in [1.82, 2.24) is 10.2 Å². The Balaban J connectivity index is 1.76. The van der Waals surface area contributed by atoms with Gasteiger partial charge in [-0.15, -0.1) is 0 Å². The third kappa shape index (κ3) is 4.70. The van der Waals surface area contributed by atoms with Crippen LogP contribution in [0.4, 0.5) is 0 Å². The normalized spacial score (nSPS) is 24.5. The average molecular weight is 292 g/mol. The number of ether oxygens (including phenoxy) is 1. The van der Waals surface area contributed by atoms with Gasteiger partial charge in [0.05, 0.1) is 12.7 Å². The molecule has 0 amide bonds. The van der Waals surface area contributed by atoms with E-state index >= 15 is 0 Å². The summed E-state index contributed by atoms with van der Waals surface area (Å²) in [6.07, 6.45) is 2.26. The van der Waals surface area contributed by atoms with Crippen molar-refractivity contribution in [2.75, 3.05) is 34.3 Å². The molecule has 1 saturated carbocycles. The second-order valence-electron chi connectivity index (χ2n) is 6.76. The van der Waals surface area contributed by atoms with Crippen molar-refractivity contribution in [2.24, 2.45) is 0 Å². The maximum absolute atomic E-state index is 10.3. The molecule has 0 bridgehead atoms. The van der Waals surface area contributed by atoms with Crippen molar-refractivity contribution in [2.45, 2.75) is 37.3 Å². The molecule has 21 heavy (non-hydrogen) atoms. The molecule has 4 nitrogen and oxygen atoms in total. The molecule has 1 aromatic rings. The number of benzene rings is 1. The lowest BCUT2D eigenvalue weighted by Crippen LogP contribution is -2.50. The molecule has 2 rings (SSSR count). The number of hydrogen-bond acceptors (Lipinski definition) is 4. The van der Waals surface area contributed by atoms with Gasteiger partial charge in [0, 0.05) is 19.1 Å². The number of hydrogen-bond donors (Lipinski definition) is 2. The van der Waals surface area contributed by atoms with Gasteiger partial charge in [-0.1, -0.05) is 12.1 Å². The Kier molecular flexibility index (Phi) is 5.25. The zero-order valence-electron chi connectivity index (χ0n) is 13.6. The molecule has 0 aliphatic heterocycles. The third-order valence-electron chi connectivity index (χ3n) is 4.13. The summed E-state index contributed by atoms with van der Waals surface area (Å²) < 4.78 is 5.28. The Bertz CT molecular complexity index is 454. The van der Waals surface area contributed by atoms with Crippen LogP contribution >= 0.6 is 0 Å². The molecule has 2 N–H and O–H groups in total. The monoisotopic (exact) mass is 292 g/mol. The van der Waals surface area contributed by atoms with Crippen LogP contribution in [0.25, 0.3) is 0 Å². The van der Waals surface area contributed by atoms with Crippen molar-refractivity contribution >= 4 is 0 Å². The number of rotatable bonds is 7. The predicted molar refractivity (Wildman–Crippen MR) is 85.9 cm³/mol. The standard InChI is InChI=1S/C17H28N2O2/c1-17(20,12-19(2)3)11-18-15-8-14(9-15)13-6-5-7-16(10-13)21-4/h5-7,10,14-15,18,20H,8-9,11-12H2,1-4H3. The third-order valence-corrected chi connectivity index (χ3v) is 4.13. The Morgan fingerprint density at radius 1 is 1.38 bits per heavy atom. The summed E-state index contributed by atoms with van der Waals surface area (Å²) in [6.45, 7) is 3.20. The molecule has 1 atom stereocenters. The number of nitrogens with zero attached hydrogens (tertiary/aromatic N) is 1. The van der Waals surface area contributed by atoms with Gasteiger partial charge >= 0.3 is 0 Å². The van der Waals surface area contributed by atoms with E-state index < -0.39 is 5.60 Å². The summed E-state index contributed by atoms with van der Waals surface area (Å²) in [5.74, 6) is 1.54. The van der Waals surface area contributed by atoms with Crippen molar-refractivity contribution in [3.8, 4) is 5.75 Å². The molecule has 1 aliphatic carbocycles. The van der Waals surface area contributed by atoms with E-state index in [-0.39, 0.29) is 0 Å². The summed E-state index contributed by atoms with van der Waals surface area (Å²) in [4.78, 5) is 2.02. The van der Waals surface area contributed by atoms with Crippen LogP contribution in [0.2, 0.25) is 0 Å². The van der Waals surface area contributed by atoms with E-state index in [0.717, 1.165) is 18.6 Å². The van der Waals surface area contributed by atoms with Crippen LogP contribution in [-0.4, -0.2) is 55.9 Å². The number of methoxy groups -OCH3 is 1. The van der Waals surface area contributed by atoms with E-state index in [2.05, 4.69) is 23.5 Å². The lowest BCUT2D eigenvalue weighted by molar-refractivity contribution is 0.0277. The smallest absolute Gasteiger partial charge is 0.119 e. The maximum atomic E-state index is 10.3. The van der Waals surface area contributed by atoms with Crippen molar-refractivity contribution in [3.05, 3.63) is 29.8 Å². The highest BCUT2D eigenvalue weighted by molar-refractivity contribution is 5.32. The van der Waals surface area contributed by atoms with Crippen LogP contribution in [0.1, 0.15) is 31.2 Å². The molecule has 0 aromatic heterocycles. The molecule has 1 unspecified atom stereocenters. The summed E-state index contributed by atoms with van der Waals surface area (Å²) in [6, 6.07) is 8.84. The molecular formula is C17H28N2O2. The van der Waals surface area contributed by atoms with Crippen LogP contribution in [-0.2, 0) is 0 Å². The van der Waals surface area contributed by atoms with Gasteiger partial charge in [0.1, 0.15) is 5.75 Å². The fourth-order valence-electron chi connectivity index (χ4n) is 3.05. The Morgan fingerprint density at radius 2 is 2.10 bits per heavy atom. The first-order valence-electron chi connectivity index (χ1n) is 7.64. The molecule has 0 heterocycles. The molecule has 1 aliphatic rings. The van der Waals surface area contributed by atoms with Gasteiger partial charge in [-0.2, -0.15) is 0 Å². The molecule has 0 saturated heterocycles. The summed E-state index contributed by atoms with van der Waals surface area (Å²) in [5.41, 5.74) is 0.678. The fraction of sp³-hybridized carbons (Fsp3) is 0.647. The van der Waals surface area contributed by atoms with Crippen LogP contribution in [0.5, 0.6) is 5.75 Å².